The molecule has 0 bridgehead atoms. The van der Waals surface area contributed by atoms with Crippen molar-refractivity contribution in [3.05, 3.63) is 54.2 Å². The number of aromatic nitrogens is 2. The highest BCUT2D eigenvalue weighted by Crippen LogP contribution is 2.16. The molecule has 3 aromatic rings. The Hall–Kier alpha value is -3.09. The predicted octanol–water partition coefficient (Wildman–Crippen LogP) is 2.63. The van der Waals surface area contributed by atoms with E-state index in [4.69, 9.17) is 4.42 Å². The van der Waals surface area contributed by atoms with Crippen LogP contribution in [-0.4, -0.2) is 27.2 Å². The van der Waals surface area contributed by atoms with Crippen molar-refractivity contribution in [3.63, 3.8) is 0 Å². The number of nitrogens with one attached hydrogen (secondary N) is 2. The first-order chi connectivity index (χ1) is 12.0. The summed E-state index contributed by atoms with van der Waals surface area (Å²) in [5, 5.41) is 5.56. The average Bonchev–Trinajstić information content (AvgIpc) is 3.23. The summed E-state index contributed by atoms with van der Waals surface area (Å²) in [6.45, 7) is 5.69. The summed E-state index contributed by atoms with van der Waals surface area (Å²) < 4.78 is 6.88. The summed E-state index contributed by atoms with van der Waals surface area (Å²) in [6, 6.07) is 6.32. The van der Waals surface area contributed by atoms with Crippen LogP contribution >= 0.6 is 0 Å². The van der Waals surface area contributed by atoms with Crippen LogP contribution in [0.1, 0.15) is 30.0 Å². The predicted molar refractivity (Wildman–Crippen MR) is 93.4 cm³/mol. The van der Waals surface area contributed by atoms with Crippen LogP contribution in [0.15, 0.2) is 47.3 Å². The van der Waals surface area contributed by atoms with Gasteiger partial charge in [-0.05, 0) is 36.6 Å². The van der Waals surface area contributed by atoms with Gasteiger partial charge >= 0.3 is 0 Å². The largest absolute Gasteiger partial charge is 0.459 e. The minimum Gasteiger partial charge on any atom is -0.459 e. The fourth-order valence-electron chi connectivity index (χ4n) is 2.60. The molecule has 0 radical (unpaired) electrons. The minimum absolute atomic E-state index is 0.0974. The summed E-state index contributed by atoms with van der Waals surface area (Å²) in [7, 11) is 0. The molecule has 0 spiro atoms. The molecule has 2 amide bonds. The highest BCUT2D eigenvalue weighted by atomic mass is 16.3. The molecule has 0 aliphatic heterocycles. The number of imidazole rings is 1. The van der Waals surface area contributed by atoms with Crippen LogP contribution in [0.25, 0.3) is 5.65 Å². The molecule has 0 aliphatic carbocycles. The number of aryl methyl sites for hydroxylation is 1. The molecule has 3 rings (SSSR count). The monoisotopic (exact) mass is 340 g/mol. The number of hydrogen-bond acceptors (Lipinski definition) is 4. The maximum Gasteiger partial charge on any atom is 0.287 e. The van der Waals surface area contributed by atoms with Gasteiger partial charge in [0, 0.05) is 6.20 Å². The van der Waals surface area contributed by atoms with Gasteiger partial charge < -0.3 is 15.1 Å². The third kappa shape index (κ3) is 3.40. The summed E-state index contributed by atoms with van der Waals surface area (Å²) in [5.74, 6) is -0.101. The molecule has 0 saturated carbocycles. The molecule has 130 valence electrons. The number of carbonyl (C=O) groups is 2. The molecular weight excluding hydrogens is 320 g/mol. The first kappa shape index (κ1) is 16.8. The van der Waals surface area contributed by atoms with Gasteiger partial charge in [-0.2, -0.15) is 0 Å². The van der Waals surface area contributed by atoms with Crippen LogP contribution < -0.4 is 10.6 Å². The van der Waals surface area contributed by atoms with Crippen LogP contribution in [0, 0.1) is 12.8 Å². The van der Waals surface area contributed by atoms with E-state index in [1.54, 1.807) is 22.7 Å². The zero-order valence-corrected chi connectivity index (χ0v) is 14.3. The van der Waals surface area contributed by atoms with E-state index in [1.165, 1.54) is 6.26 Å². The fourth-order valence-corrected chi connectivity index (χ4v) is 2.60. The second kappa shape index (κ2) is 6.80. The Morgan fingerprint density at radius 2 is 2.04 bits per heavy atom. The van der Waals surface area contributed by atoms with Crippen molar-refractivity contribution in [1.29, 1.82) is 0 Å². The molecule has 1 atom stereocenters. The molecule has 3 heterocycles. The summed E-state index contributed by atoms with van der Waals surface area (Å²) in [5.41, 5.74) is 1.79. The molecular formula is C18H20N4O3. The lowest BCUT2D eigenvalue weighted by atomic mass is 10.0. The number of fused-ring (bicyclic) bond motifs is 1. The van der Waals surface area contributed by atoms with E-state index in [9.17, 15) is 9.59 Å². The number of amides is 2. The number of anilines is 1. The van der Waals surface area contributed by atoms with Crippen molar-refractivity contribution in [3.8, 4) is 0 Å². The Labute approximate surface area is 145 Å². The van der Waals surface area contributed by atoms with E-state index >= 15 is 0 Å². The van der Waals surface area contributed by atoms with Gasteiger partial charge in [0.15, 0.2) is 5.76 Å². The number of rotatable bonds is 5. The van der Waals surface area contributed by atoms with Crippen molar-refractivity contribution < 1.29 is 14.0 Å². The molecule has 0 aliphatic rings. The second-order valence-corrected chi connectivity index (χ2v) is 6.19. The fraction of sp³-hybridized carbons (Fsp3) is 0.278. The maximum atomic E-state index is 12.7. The zero-order valence-electron chi connectivity index (χ0n) is 14.3. The summed E-state index contributed by atoms with van der Waals surface area (Å²) >= 11 is 0. The zero-order chi connectivity index (χ0) is 18.0. The third-order valence-electron chi connectivity index (χ3n) is 3.96. The summed E-state index contributed by atoms with van der Waals surface area (Å²) in [4.78, 5) is 29.2. The molecule has 0 fully saturated rings. The van der Waals surface area contributed by atoms with Crippen LogP contribution in [-0.2, 0) is 4.79 Å². The molecule has 3 aromatic heterocycles. The lowest BCUT2D eigenvalue weighted by Gasteiger charge is -2.21. The Kier molecular flexibility index (Phi) is 4.56. The molecule has 1 unspecified atom stereocenters. The number of pyridine rings is 1. The highest BCUT2D eigenvalue weighted by molar-refractivity contribution is 6.00. The van der Waals surface area contributed by atoms with E-state index in [-0.39, 0.29) is 17.6 Å². The van der Waals surface area contributed by atoms with E-state index < -0.39 is 11.9 Å². The second-order valence-electron chi connectivity index (χ2n) is 6.19. The van der Waals surface area contributed by atoms with Crippen LogP contribution in [0.2, 0.25) is 0 Å². The van der Waals surface area contributed by atoms with Crippen LogP contribution in [0.4, 0.5) is 5.82 Å². The van der Waals surface area contributed by atoms with Crippen molar-refractivity contribution in [2.45, 2.75) is 26.8 Å². The maximum absolute atomic E-state index is 12.7. The number of hydrogen-bond donors (Lipinski definition) is 2. The van der Waals surface area contributed by atoms with Gasteiger partial charge in [0.1, 0.15) is 17.5 Å². The average molecular weight is 340 g/mol. The van der Waals surface area contributed by atoms with E-state index in [2.05, 4.69) is 15.6 Å². The normalized spacial score (nSPS) is 12.3. The van der Waals surface area contributed by atoms with E-state index in [0.29, 0.717) is 5.82 Å². The van der Waals surface area contributed by atoms with Gasteiger partial charge in [-0.15, -0.1) is 0 Å². The van der Waals surface area contributed by atoms with Crippen LogP contribution in [0.5, 0.6) is 0 Å². The summed E-state index contributed by atoms with van der Waals surface area (Å²) in [6.07, 6.45) is 4.85. The lowest BCUT2D eigenvalue weighted by Crippen LogP contribution is -2.47. The van der Waals surface area contributed by atoms with Gasteiger partial charge in [-0.25, -0.2) is 4.98 Å². The molecule has 2 N–H and O–H groups in total. The first-order valence-electron chi connectivity index (χ1n) is 8.05. The standard InChI is InChI=1S/C18H20N4O3/c1-11(2)15(21-17(23)13-7-5-9-25-13)18(24)20-14-10-19-16-12(3)6-4-8-22(14)16/h4-11,15H,1-3H3,(H,20,24)(H,21,23). The third-order valence-corrected chi connectivity index (χ3v) is 3.96. The van der Waals surface area contributed by atoms with E-state index in [1.807, 2.05) is 39.1 Å². The molecule has 0 aromatic carbocycles. The molecule has 7 heteroatoms. The van der Waals surface area contributed by atoms with Crippen molar-refractivity contribution in [2.75, 3.05) is 5.32 Å². The van der Waals surface area contributed by atoms with Crippen LogP contribution in [0.3, 0.4) is 0 Å². The molecule has 7 nitrogen and oxygen atoms in total. The van der Waals surface area contributed by atoms with Gasteiger partial charge in [-0.1, -0.05) is 19.9 Å². The van der Waals surface area contributed by atoms with Crippen molar-refractivity contribution in [1.82, 2.24) is 14.7 Å². The lowest BCUT2D eigenvalue weighted by molar-refractivity contribution is -0.118. The smallest absolute Gasteiger partial charge is 0.287 e. The number of nitrogens with zero attached hydrogens (tertiary/aromatic N) is 2. The van der Waals surface area contributed by atoms with Gasteiger partial charge in [0.2, 0.25) is 5.91 Å². The highest BCUT2D eigenvalue weighted by Gasteiger charge is 2.26. The molecule has 25 heavy (non-hydrogen) atoms. The Morgan fingerprint density at radius 3 is 2.72 bits per heavy atom. The van der Waals surface area contributed by atoms with Gasteiger partial charge in [-0.3, -0.25) is 14.0 Å². The Bertz CT molecular complexity index is 896. The van der Waals surface area contributed by atoms with E-state index in [0.717, 1.165) is 11.2 Å². The Balaban J connectivity index is 1.78. The SMILES string of the molecule is Cc1cccn2c(NC(=O)C(NC(=O)c3ccco3)C(C)C)cnc12. The molecule has 0 saturated heterocycles. The van der Waals surface area contributed by atoms with Crippen molar-refractivity contribution >= 4 is 23.3 Å². The van der Waals surface area contributed by atoms with Crippen molar-refractivity contribution in [2.24, 2.45) is 5.92 Å². The van der Waals surface area contributed by atoms with Gasteiger partial charge in [0.05, 0.1) is 12.5 Å². The first-order valence-corrected chi connectivity index (χ1v) is 8.05. The number of carbonyl (C=O) groups excluding carboxylic acids is 2. The van der Waals surface area contributed by atoms with Gasteiger partial charge in [0.25, 0.3) is 5.91 Å². The minimum atomic E-state index is -0.701. The topological polar surface area (TPSA) is 88.6 Å². The quantitative estimate of drug-likeness (QED) is 0.747. The Morgan fingerprint density at radius 1 is 1.24 bits per heavy atom. The number of furan rings is 1.